The minimum absolute atomic E-state index is 0.713. The molecule has 2 N–H and O–H groups in total. The maximum Gasteiger partial charge on any atom is 0.307 e. The smallest absolute Gasteiger partial charge is 0.307 e. The first-order chi connectivity index (χ1) is 8.31. The molecular weight excluding hydrogens is 261 g/mol. The Morgan fingerprint density at radius 3 is 1.83 bits per heavy atom. The molecule has 1 aromatic carbocycles. The van der Waals surface area contributed by atoms with Crippen molar-refractivity contribution in [3.8, 4) is 0 Å². The van der Waals surface area contributed by atoms with Crippen LogP contribution in [0.2, 0.25) is 0 Å². The van der Waals surface area contributed by atoms with Crippen molar-refractivity contribution in [2.45, 2.75) is 12.5 Å². The fourth-order valence-corrected chi connectivity index (χ4v) is 1.31. The molecular formula is C10H8F5NO2. The van der Waals surface area contributed by atoms with E-state index in [-0.39, 0.29) is 0 Å². The van der Waals surface area contributed by atoms with E-state index >= 15 is 0 Å². The van der Waals surface area contributed by atoms with Gasteiger partial charge in [-0.2, -0.15) is 0 Å². The quantitative estimate of drug-likeness (QED) is 0.395. The van der Waals surface area contributed by atoms with Crippen LogP contribution in [0.15, 0.2) is 0 Å². The summed E-state index contributed by atoms with van der Waals surface area (Å²) in [6, 6.07) is -1.69. The van der Waals surface area contributed by atoms with Crippen molar-refractivity contribution in [3.63, 3.8) is 0 Å². The lowest BCUT2D eigenvalue weighted by molar-refractivity contribution is -0.141. The van der Waals surface area contributed by atoms with Crippen molar-refractivity contribution in [1.29, 1.82) is 0 Å². The van der Waals surface area contributed by atoms with Crippen LogP contribution in [0.25, 0.3) is 0 Å². The van der Waals surface area contributed by atoms with Crippen molar-refractivity contribution in [2.75, 3.05) is 7.11 Å². The number of halogens is 5. The molecule has 0 aliphatic rings. The molecule has 0 aliphatic heterocycles. The Morgan fingerprint density at radius 1 is 1.06 bits per heavy atom. The minimum atomic E-state index is -2.28. The van der Waals surface area contributed by atoms with Crippen LogP contribution in [-0.2, 0) is 9.53 Å². The fourth-order valence-electron chi connectivity index (χ4n) is 1.31. The lowest BCUT2D eigenvalue weighted by Crippen LogP contribution is -2.21. The number of hydrogen-bond donors (Lipinski definition) is 1. The number of rotatable bonds is 3. The summed E-state index contributed by atoms with van der Waals surface area (Å²) in [6.07, 6.45) is -0.713. The SMILES string of the molecule is COC(=O)C[C@@H](N)c1c(F)c(F)c(F)c(F)c1F. The standard InChI is InChI=1S/C10H8F5NO2/c1-18-4(17)2-3(16)5-6(11)8(13)10(15)9(14)7(5)12/h3H,2,16H2,1H3/t3-/m1/s1. The molecule has 0 fully saturated rings. The molecule has 3 nitrogen and oxygen atoms in total. The highest BCUT2D eigenvalue weighted by Gasteiger charge is 2.29. The van der Waals surface area contributed by atoms with Gasteiger partial charge in [-0.1, -0.05) is 0 Å². The highest BCUT2D eigenvalue weighted by atomic mass is 19.2. The van der Waals surface area contributed by atoms with Crippen LogP contribution in [0.4, 0.5) is 22.0 Å². The first-order valence-corrected chi connectivity index (χ1v) is 4.65. The third-order valence-electron chi connectivity index (χ3n) is 2.23. The van der Waals surface area contributed by atoms with Gasteiger partial charge in [-0.25, -0.2) is 22.0 Å². The molecule has 0 heterocycles. The molecule has 8 heteroatoms. The lowest BCUT2D eigenvalue weighted by atomic mass is 10.0. The molecule has 0 saturated heterocycles. The third-order valence-corrected chi connectivity index (χ3v) is 2.23. The molecule has 0 saturated carbocycles. The van der Waals surface area contributed by atoms with E-state index < -0.39 is 53.1 Å². The van der Waals surface area contributed by atoms with E-state index in [0.29, 0.717) is 0 Å². The maximum atomic E-state index is 13.3. The Hall–Kier alpha value is -1.70. The average Bonchev–Trinajstić information content (AvgIpc) is 2.34. The van der Waals surface area contributed by atoms with E-state index in [1.54, 1.807) is 0 Å². The van der Waals surface area contributed by atoms with E-state index in [0.717, 1.165) is 7.11 Å². The predicted molar refractivity (Wildman–Crippen MR) is 49.8 cm³/mol. The van der Waals surface area contributed by atoms with Crippen molar-refractivity contribution in [3.05, 3.63) is 34.6 Å². The van der Waals surface area contributed by atoms with Crippen molar-refractivity contribution in [2.24, 2.45) is 5.73 Å². The monoisotopic (exact) mass is 269 g/mol. The van der Waals surface area contributed by atoms with E-state index in [1.807, 2.05) is 0 Å². The van der Waals surface area contributed by atoms with Gasteiger partial charge in [-0.05, 0) is 0 Å². The first-order valence-electron chi connectivity index (χ1n) is 4.65. The van der Waals surface area contributed by atoms with Gasteiger partial charge in [-0.3, -0.25) is 4.79 Å². The zero-order valence-corrected chi connectivity index (χ0v) is 9.07. The molecule has 18 heavy (non-hydrogen) atoms. The molecule has 0 unspecified atom stereocenters. The van der Waals surface area contributed by atoms with E-state index in [4.69, 9.17) is 5.73 Å². The van der Waals surface area contributed by atoms with Gasteiger partial charge in [0.05, 0.1) is 13.5 Å². The number of nitrogens with two attached hydrogens (primary N) is 1. The topological polar surface area (TPSA) is 52.3 Å². The second kappa shape index (κ2) is 5.30. The molecule has 0 aliphatic carbocycles. The summed E-state index contributed by atoms with van der Waals surface area (Å²) in [7, 11) is 0.994. The largest absolute Gasteiger partial charge is 0.469 e. The Bertz CT molecular complexity index is 463. The van der Waals surface area contributed by atoms with Gasteiger partial charge in [-0.15, -0.1) is 0 Å². The first kappa shape index (κ1) is 14.4. The van der Waals surface area contributed by atoms with Crippen LogP contribution >= 0.6 is 0 Å². The highest BCUT2D eigenvalue weighted by Crippen LogP contribution is 2.28. The molecule has 0 spiro atoms. The van der Waals surface area contributed by atoms with Crippen molar-refractivity contribution < 1.29 is 31.5 Å². The number of esters is 1. The summed E-state index contributed by atoms with van der Waals surface area (Å²) >= 11 is 0. The second-order valence-electron chi connectivity index (χ2n) is 3.37. The molecule has 0 bridgehead atoms. The second-order valence-corrected chi connectivity index (χ2v) is 3.37. The third kappa shape index (κ3) is 2.42. The number of hydrogen-bond acceptors (Lipinski definition) is 3. The van der Waals surface area contributed by atoms with Gasteiger partial charge in [0.15, 0.2) is 23.3 Å². The van der Waals surface area contributed by atoms with Gasteiger partial charge >= 0.3 is 5.97 Å². The number of carbonyl (C=O) groups excluding carboxylic acids is 1. The Labute approximate surface area is 98.3 Å². The maximum absolute atomic E-state index is 13.3. The van der Waals surface area contributed by atoms with E-state index in [1.165, 1.54) is 0 Å². The highest BCUT2D eigenvalue weighted by molar-refractivity contribution is 5.70. The zero-order chi connectivity index (χ0) is 14.0. The molecule has 1 aromatic rings. The Morgan fingerprint density at radius 2 is 1.44 bits per heavy atom. The number of benzene rings is 1. The van der Waals surface area contributed by atoms with Crippen LogP contribution in [-0.4, -0.2) is 13.1 Å². The summed E-state index contributed by atoms with van der Waals surface area (Å²) in [5.41, 5.74) is 3.99. The molecule has 1 atom stereocenters. The van der Waals surface area contributed by atoms with E-state index in [2.05, 4.69) is 4.74 Å². The summed E-state index contributed by atoms with van der Waals surface area (Å²) in [4.78, 5) is 10.8. The van der Waals surface area contributed by atoms with Gasteiger partial charge in [0, 0.05) is 11.6 Å². The van der Waals surface area contributed by atoms with Crippen molar-refractivity contribution in [1.82, 2.24) is 0 Å². The Kier molecular flexibility index (Phi) is 4.23. The Balaban J connectivity index is 3.28. The molecule has 0 aromatic heterocycles. The van der Waals surface area contributed by atoms with E-state index in [9.17, 15) is 26.7 Å². The number of carbonyl (C=O) groups is 1. The number of methoxy groups -OCH3 is 1. The van der Waals surface area contributed by atoms with Gasteiger partial charge < -0.3 is 10.5 Å². The molecule has 100 valence electrons. The molecule has 1 rings (SSSR count). The summed E-state index contributed by atoms with van der Waals surface area (Å²) < 4.78 is 69.1. The van der Waals surface area contributed by atoms with Crippen LogP contribution in [0.5, 0.6) is 0 Å². The van der Waals surface area contributed by atoms with Gasteiger partial charge in [0.25, 0.3) is 0 Å². The minimum Gasteiger partial charge on any atom is -0.469 e. The van der Waals surface area contributed by atoms with Crippen LogP contribution < -0.4 is 5.73 Å². The molecule has 0 radical (unpaired) electrons. The zero-order valence-electron chi connectivity index (χ0n) is 9.07. The van der Waals surface area contributed by atoms with Crippen LogP contribution in [0.1, 0.15) is 18.0 Å². The average molecular weight is 269 g/mol. The summed E-state index contributed by atoms with van der Waals surface area (Å²) in [5.74, 6) is -11.5. The predicted octanol–water partition coefficient (Wildman–Crippen LogP) is 1.94. The van der Waals surface area contributed by atoms with Crippen LogP contribution in [0, 0.1) is 29.1 Å². The van der Waals surface area contributed by atoms with Gasteiger partial charge in [0.1, 0.15) is 0 Å². The van der Waals surface area contributed by atoms with Gasteiger partial charge in [0.2, 0.25) is 5.82 Å². The van der Waals surface area contributed by atoms with Crippen LogP contribution in [0.3, 0.4) is 0 Å². The lowest BCUT2D eigenvalue weighted by Gasteiger charge is -2.14. The molecule has 0 amide bonds. The normalized spacial score (nSPS) is 12.4. The fraction of sp³-hybridized carbons (Fsp3) is 0.300. The summed E-state index contributed by atoms with van der Waals surface area (Å²) in [6.45, 7) is 0. The van der Waals surface area contributed by atoms with Crippen molar-refractivity contribution >= 4 is 5.97 Å². The summed E-state index contributed by atoms with van der Waals surface area (Å²) in [5, 5.41) is 0. The number of ether oxygens (including phenoxy) is 1.